The molecule has 3 aromatic heterocycles. The number of rotatable bonds is 4. The standard InChI is InChI=1S/C18H19BrS3/c1-10(2)13-5-7-15(20-13)17-9-12(19)18(22-17)16-8-6-14(21-16)11(3)4/h5-11H,1-4H3. The van der Waals surface area contributed by atoms with Crippen molar-refractivity contribution >= 4 is 49.9 Å². The molecule has 0 amide bonds. The average molecular weight is 411 g/mol. The molecule has 3 heterocycles. The molecule has 0 radical (unpaired) electrons. The second-order valence-corrected chi connectivity index (χ2v) is 10.1. The number of hydrogen-bond donors (Lipinski definition) is 0. The van der Waals surface area contributed by atoms with Crippen molar-refractivity contribution in [3.8, 4) is 19.5 Å². The fourth-order valence-electron chi connectivity index (χ4n) is 2.24. The first kappa shape index (κ1) is 16.4. The Kier molecular flexibility index (Phi) is 4.93. The largest absolute Gasteiger partial charge is 0.139 e. The zero-order chi connectivity index (χ0) is 15.9. The minimum Gasteiger partial charge on any atom is -0.139 e. The molecule has 3 aromatic rings. The second kappa shape index (κ2) is 6.60. The zero-order valence-electron chi connectivity index (χ0n) is 13.1. The predicted molar refractivity (Wildman–Crippen MR) is 107 cm³/mol. The Bertz CT molecular complexity index is 774. The van der Waals surface area contributed by atoms with E-state index in [4.69, 9.17) is 0 Å². The predicted octanol–water partition coefficient (Wildman–Crippen LogP) is 8.21. The Morgan fingerprint density at radius 1 is 0.727 bits per heavy atom. The Labute approximate surface area is 153 Å². The first-order valence-electron chi connectivity index (χ1n) is 7.45. The van der Waals surface area contributed by atoms with Crippen molar-refractivity contribution in [3.05, 3.63) is 44.6 Å². The molecule has 0 aromatic carbocycles. The molecule has 0 saturated heterocycles. The van der Waals surface area contributed by atoms with Gasteiger partial charge in [-0.1, -0.05) is 27.7 Å². The lowest BCUT2D eigenvalue weighted by molar-refractivity contribution is 0.890. The van der Waals surface area contributed by atoms with Crippen LogP contribution in [0.3, 0.4) is 0 Å². The van der Waals surface area contributed by atoms with Crippen LogP contribution in [0.2, 0.25) is 0 Å². The molecule has 4 heteroatoms. The molecule has 116 valence electrons. The third-order valence-electron chi connectivity index (χ3n) is 3.55. The van der Waals surface area contributed by atoms with Gasteiger partial charge in [0.15, 0.2) is 0 Å². The first-order valence-corrected chi connectivity index (χ1v) is 10.7. The van der Waals surface area contributed by atoms with Crippen molar-refractivity contribution < 1.29 is 0 Å². The van der Waals surface area contributed by atoms with Gasteiger partial charge in [-0.25, -0.2) is 0 Å². The maximum absolute atomic E-state index is 3.75. The van der Waals surface area contributed by atoms with Crippen LogP contribution in [0.5, 0.6) is 0 Å². The van der Waals surface area contributed by atoms with E-state index >= 15 is 0 Å². The molecule has 0 fully saturated rings. The summed E-state index contributed by atoms with van der Waals surface area (Å²) in [7, 11) is 0. The summed E-state index contributed by atoms with van der Waals surface area (Å²) in [6.45, 7) is 9.02. The van der Waals surface area contributed by atoms with Crippen molar-refractivity contribution in [3.63, 3.8) is 0 Å². The van der Waals surface area contributed by atoms with Crippen LogP contribution in [-0.2, 0) is 0 Å². The number of halogens is 1. The molecule has 0 spiro atoms. The minimum absolute atomic E-state index is 0.600. The molecule has 0 bridgehead atoms. The van der Waals surface area contributed by atoms with Crippen molar-refractivity contribution in [2.75, 3.05) is 0 Å². The van der Waals surface area contributed by atoms with Crippen LogP contribution in [-0.4, -0.2) is 0 Å². The summed E-state index contributed by atoms with van der Waals surface area (Å²) in [5.41, 5.74) is 0. The fraction of sp³-hybridized carbons (Fsp3) is 0.333. The molecule has 0 N–H and O–H groups in total. The van der Waals surface area contributed by atoms with Gasteiger partial charge in [-0.05, 0) is 58.1 Å². The quantitative estimate of drug-likeness (QED) is 0.406. The lowest BCUT2D eigenvalue weighted by Gasteiger charge is -1.98. The molecule has 0 saturated carbocycles. The third kappa shape index (κ3) is 3.25. The molecule has 0 aliphatic heterocycles. The highest BCUT2D eigenvalue weighted by molar-refractivity contribution is 9.10. The van der Waals surface area contributed by atoms with Gasteiger partial charge < -0.3 is 0 Å². The highest BCUT2D eigenvalue weighted by Gasteiger charge is 2.15. The van der Waals surface area contributed by atoms with E-state index in [9.17, 15) is 0 Å². The molecule has 0 aliphatic rings. The lowest BCUT2D eigenvalue weighted by Crippen LogP contribution is -1.77. The van der Waals surface area contributed by atoms with Gasteiger partial charge in [-0.3, -0.25) is 0 Å². The monoisotopic (exact) mass is 410 g/mol. The van der Waals surface area contributed by atoms with Gasteiger partial charge in [0.05, 0.1) is 4.88 Å². The summed E-state index contributed by atoms with van der Waals surface area (Å²) in [6.07, 6.45) is 0. The van der Waals surface area contributed by atoms with E-state index in [1.807, 2.05) is 34.0 Å². The van der Waals surface area contributed by atoms with E-state index in [1.54, 1.807) is 0 Å². The van der Waals surface area contributed by atoms with Crippen LogP contribution in [0, 0.1) is 0 Å². The average Bonchev–Trinajstić information content (AvgIpc) is 3.16. The summed E-state index contributed by atoms with van der Waals surface area (Å²) in [4.78, 5) is 8.37. The summed E-state index contributed by atoms with van der Waals surface area (Å²) in [6, 6.07) is 11.3. The lowest BCUT2D eigenvalue weighted by atomic mass is 10.2. The maximum Gasteiger partial charge on any atom is 0.0591 e. The van der Waals surface area contributed by atoms with Gasteiger partial charge in [0.2, 0.25) is 0 Å². The molecular weight excluding hydrogens is 392 g/mol. The number of hydrogen-bond acceptors (Lipinski definition) is 3. The fourth-order valence-corrected chi connectivity index (χ4v) is 6.48. The van der Waals surface area contributed by atoms with Gasteiger partial charge in [-0.2, -0.15) is 0 Å². The molecular formula is C18H19BrS3. The van der Waals surface area contributed by atoms with Crippen molar-refractivity contribution in [1.82, 2.24) is 0 Å². The van der Waals surface area contributed by atoms with E-state index < -0.39 is 0 Å². The first-order chi connectivity index (χ1) is 10.5. The Morgan fingerprint density at radius 3 is 1.82 bits per heavy atom. The van der Waals surface area contributed by atoms with Crippen LogP contribution in [0.15, 0.2) is 34.8 Å². The van der Waals surface area contributed by atoms with Crippen molar-refractivity contribution in [2.45, 2.75) is 39.5 Å². The Hall–Kier alpha value is -0.420. The molecule has 0 nitrogen and oxygen atoms in total. The molecule has 3 rings (SSSR count). The zero-order valence-corrected chi connectivity index (χ0v) is 17.2. The van der Waals surface area contributed by atoms with Crippen LogP contribution in [0.25, 0.3) is 19.5 Å². The smallest absolute Gasteiger partial charge is 0.0591 e. The third-order valence-corrected chi connectivity index (χ3v) is 8.72. The van der Waals surface area contributed by atoms with Crippen LogP contribution in [0.1, 0.15) is 49.3 Å². The van der Waals surface area contributed by atoms with Crippen molar-refractivity contribution in [1.29, 1.82) is 0 Å². The van der Waals surface area contributed by atoms with E-state index in [-0.39, 0.29) is 0 Å². The Balaban J connectivity index is 1.95. The van der Waals surface area contributed by atoms with E-state index in [2.05, 4.69) is 74.0 Å². The van der Waals surface area contributed by atoms with E-state index in [0.29, 0.717) is 11.8 Å². The van der Waals surface area contributed by atoms with Crippen LogP contribution >= 0.6 is 49.9 Å². The molecule has 0 unspecified atom stereocenters. The SMILES string of the molecule is CC(C)c1ccc(-c2cc(Br)c(-c3ccc(C(C)C)s3)s2)s1. The van der Waals surface area contributed by atoms with Gasteiger partial charge in [-0.15, -0.1) is 34.0 Å². The summed E-state index contributed by atoms with van der Waals surface area (Å²) >= 11 is 9.47. The second-order valence-electron chi connectivity index (χ2n) is 6.00. The summed E-state index contributed by atoms with van der Waals surface area (Å²) < 4.78 is 1.21. The molecule has 22 heavy (non-hydrogen) atoms. The number of thiophene rings is 3. The molecule has 0 atom stereocenters. The minimum atomic E-state index is 0.600. The van der Waals surface area contributed by atoms with E-state index in [0.717, 1.165) is 0 Å². The highest BCUT2D eigenvalue weighted by atomic mass is 79.9. The Morgan fingerprint density at radius 2 is 1.27 bits per heavy atom. The van der Waals surface area contributed by atoms with E-state index in [1.165, 1.54) is 33.7 Å². The van der Waals surface area contributed by atoms with Gasteiger partial charge >= 0.3 is 0 Å². The summed E-state index contributed by atoms with van der Waals surface area (Å²) in [5.74, 6) is 1.20. The normalized spacial score (nSPS) is 11.8. The summed E-state index contributed by atoms with van der Waals surface area (Å²) in [5, 5.41) is 0. The van der Waals surface area contributed by atoms with Crippen molar-refractivity contribution in [2.24, 2.45) is 0 Å². The van der Waals surface area contributed by atoms with Gasteiger partial charge in [0, 0.05) is 28.9 Å². The highest BCUT2D eigenvalue weighted by Crippen LogP contribution is 2.46. The topological polar surface area (TPSA) is 0 Å². The van der Waals surface area contributed by atoms with Gasteiger partial charge in [0.1, 0.15) is 0 Å². The maximum atomic E-state index is 3.75. The van der Waals surface area contributed by atoms with Crippen LogP contribution in [0.4, 0.5) is 0 Å². The van der Waals surface area contributed by atoms with Crippen LogP contribution < -0.4 is 0 Å². The molecule has 0 aliphatic carbocycles. The van der Waals surface area contributed by atoms with Gasteiger partial charge in [0.25, 0.3) is 0 Å².